The Morgan fingerprint density at radius 1 is 0.700 bits per heavy atom. The van der Waals surface area contributed by atoms with Gasteiger partial charge in [-0.1, -0.05) is 108 Å². The van der Waals surface area contributed by atoms with E-state index in [1.165, 1.54) is 100 Å². The first kappa shape index (κ1) is 23.1. The van der Waals surface area contributed by atoms with Crippen molar-refractivity contribution >= 4 is 0 Å². The summed E-state index contributed by atoms with van der Waals surface area (Å²) in [5.41, 5.74) is 6.33. The second-order valence-corrected chi connectivity index (χ2v) is 10.2. The summed E-state index contributed by atoms with van der Waals surface area (Å²) in [6.07, 6.45) is 17.8. The normalized spacial score (nSPS) is 21.6. The first-order chi connectivity index (χ1) is 14.6. The first-order valence-electron chi connectivity index (χ1n) is 12.8. The van der Waals surface area contributed by atoms with Crippen LogP contribution in [0.1, 0.15) is 115 Å². The SMILES string of the molecule is CCCCCCCC1(C)CCC(c2ccc(-c3ccc(CCCC)cc3)cc2)CC1. The molecule has 2 aromatic carbocycles. The average Bonchev–Trinajstić information content (AvgIpc) is 2.79. The van der Waals surface area contributed by atoms with Gasteiger partial charge in [0.25, 0.3) is 0 Å². The molecule has 0 N–H and O–H groups in total. The Bertz CT molecular complexity index is 714. The smallest absolute Gasteiger partial charge is 0.0162 e. The molecule has 30 heavy (non-hydrogen) atoms. The van der Waals surface area contributed by atoms with Gasteiger partial charge in [0.2, 0.25) is 0 Å². The molecule has 0 bridgehead atoms. The van der Waals surface area contributed by atoms with Crippen LogP contribution in [0.3, 0.4) is 0 Å². The van der Waals surface area contributed by atoms with E-state index in [1.807, 2.05) is 0 Å². The van der Waals surface area contributed by atoms with Gasteiger partial charge in [-0.3, -0.25) is 0 Å². The van der Waals surface area contributed by atoms with Crippen LogP contribution in [0.5, 0.6) is 0 Å². The number of rotatable bonds is 11. The van der Waals surface area contributed by atoms with Gasteiger partial charge in [-0.2, -0.15) is 0 Å². The third kappa shape index (κ3) is 6.73. The first-order valence-corrected chi connectivity index (χ1v) is 12.8. The van der Waals surface area contributed by atoms with Crippen LogP contribution in [-0.4, -0.2) is 0 Å². The lowest BCUT2D eigenvalue weighted by molar-refractivity contribution is 0.177. The highest BCUT2D eigenvalue weighted by atomic mass is 14.4. The molecule has 0 saturated heterocycles. The van der Waals surface area contributed by atoms with Crippen molar-refractivity contribution < 1.29 is 0 Å². The number of benzene rings is 2. The number of hydrogen-bond acceptors (Lipinski definition) is 0. The van der Waals surface area contributed by atoms with Crippen LogP contribution >= 0.6 is 0 Å². The minimum Gasteiger partial charge on any atom is -0.0654 e. The van der Waals surface area contributed by atoms with Gasteiger partial charge in [0.05, 0.1) is 0 Å². The van der Waals surface area contributed by atoms with Gasteiger partial charge in [-0.05, 0) is 78.5 Å². The molecule has 2 aromatic rings. The number of aryl methyl sites for hydroxylation is 1. The Balaban J connectivity index is 1.50. The van der Waals surface area contributed by atoms with E-state index in [-0.39, 0.29) is 0 Å². The summed E-state index contributed by atoms with van der Waals surface area (Å²) in [4.78, 5) is 0. The van der Waals surface area contributed by atoms with Crippen LogP contribution in [0.25, 0.3) is 11.1 Å². The minimum atomic E-state index is 0.599. The van der Waals surface area contributed by atoms with Crippen LogP contribution in [0.4, 0.5) is 0 Å². The maximum atomic E-state index is 2.55. The molecule has 164 valence electrons. The lowest BCUT2D eigenvalue weighted by Crippen LogP contribution is -2.23. The molecular formula is C30H44. The van der Waals surface area contributed by atoms with E-state index in [9.17, 15) is 0 Å². The minimum absolute atomic E-state index is 0.599. The highest BCUT2D eigenvalue weighted by Crippen LogP contribution is 2.45. The maximum Gasteiger partial charge on any atom is -0.0162 e. The fourth-order valence-electron chi connectivity index (χ4n) is 5.25. The highest BCUT2D eigenvalue weighted by molar-refractivity contribution is 5.64. The Kier molecular flexibility index (Phi) is 9.04. The molecular weight excluding hydrogens is 360 g/mol. The van der Waals surface area contributed by atoms with Crippen molar-refractivity contribution in [3.8, 4) is 11.1 Å². The van der Waals surface area contributed by atoms with E-state index in [2.05, 4.69) is 69.3 Å². The summed E-state index contributed by atoms with van der Waals surface area (Å²) < 4.78 is 0. The molecule has 0 aromatic heterocycles. The fraction of sp³-hybridized carbons (Fsp3) is 0.600. The van der Waals surface area contributed by atoms with Crippen LogP contribution < -0.4 is 0 Å². The Labute approximate surface area is 186 Å². The number of hydrogen-bond donors (Lipinski definition) is 0. The van der Waals surface area contributed by atoms with E-state index in [4.69, 9.17) is 0 Å². The van der Waals surface area contributed by atoms with Crippen LogP contribution in [0.15, 0.2) is 48.5 Å². The van der Waals surface area contributed by atoms with Gasteiger partial charge in [0.1, 0.15) is 0 Å². The van der Waals surface area contributed by atoms with Crippen LogP contribution in [0.2, 0.25) is 0 Å². The summed E-state index contributed by atoms with van der Waals surface area (Å²) in [5.74, 6) is 0.767. The Morgan fingerprint density at radius 2 is 1.27 bits per heavy atom. The molecule has 0 atom stereocenters. The van der Waals surface area contributed by atoms with Crippen LogP contribution in [0, 0.1) is 5.41 Å². The van der Waals surface area contributed by atoms with E-state index < -0.39 is 0 Å². The summed E-state index contributed by atoms with van der Waals surface area (Å²) in [6.45, 7) is 7.12. The molecule has 3 rings (SSSR count). The van der Waals surface area contributed by atoms with Gasteiger partial charge in [0.15, 0.2) is 0 Å². The lowest BCUT2D eigenvalue weighted by atomic mass is 9.68. The van der Waals surface area contributed by atoms with E-state index >= 15 is 0 Å². The molecule has 0 unspecified atom stereocenters. The summed E-state index contributed by atoms with van der Waals surface area (Å²) in [5, 5.41) is 0. The summed E-state index contributed by atoms with van der Waals surface area (Å²) in [6, 6.07) is 18.7. The number of unbranched alkanes of at least 4 members (excludes halogenated alkanes) is 5. The molecule has 1 aliphatic rings. The molecule has 0 aliphatic heterocycles. The molecule has 1 aliphatic carbocycles. The van der Waals surface area contributed by atoms with Crippen molar-refractivity contribution in [1.29, 1.82) is 0 Å². The van der Waals surface area contributed by atoms with Gasteiger partial charge in [0, 0.05) is 0 Å². The van der Waals surface area contributed by atoms with E-state index in [0.717, 1.165) is 5.92 Å². The van der Waals surface area contributed by atoms with Crippen molar-refractivity contribution in [2.24, 2.45) is 5.41 Å². The largest absolute Gasteiger partial charge is 0.0654 e. The van der Waals surface area contributed by atoms with E-state index in [0.29, 0.717) is 5.41 Å². The van der Waals surface area contributed by atoms with E-state index in [1.54, 1.807) is 5.56 Å². The molecule has 1 saturated carbocycles. The van der Waals surface area contributed by atoms with Gasteiger partial charge in [-0.15, -0.1) is 0 Å². The Hall–Kier alpha value is -1.56. The molecule has 0 heteroatoms. The maximum absolute atomic E-state index is 2.55. The molecule has 0 amide bonds. The van der Waals surface area contributed by atoms with Gasteiger partial charge < -0.3 is 0 Å². The second-order valence-electron chi connectivity index (χ2n) is 10.2. The molecule has 0 spiro atoms. The Morgan fingerprint density at radius 3 is 1.87 bits per heavy atom. The van der Waals surface area contributed by atoms with Gasteiger partial charge in [-0.25, -0.2) is 0 Å². The molecule has 0 nitrogen and oxygen atoms in total. The average molecular weight is 405 g/mol. The quantitative estimate of drug-likeness (QED) is 0.327. The second kappa shape index (κ2) is 11.7. The van der Waals surface area contributed by atoms with Crippen LogP contribution in [-0.2, 0) is 6.42 Å². The third-order valence-electron chi connectivity index (χ3n) is 7.56. The van der Waals surface area contributed by atoms with Crippen molar-refractivity contribution in [2.45, 2.75) is 110 Å². The zero-order valence-electron chi connectivity index (χ0n) is 19.9. The fourth-order valence-corrected chi connectivity index (χ4v) is 5.25. The predicted molar refractivity (Wildman–Crippen MR) is 133 cm³/mol. The third-order valence-corrected chi connectivity index (χ3v) is 7.56. The molecule has 1 fully saturated rings. The standard InChI is InChI=1S/C30H44/c1-4-6-8-9-10-22-30(3)23-20-29(21-24-30)28-18-16-27(17-19-28)26-14-12-25(13-15-26)11-7-5-2/h12-19,29H,4-11,20-24H2,1-3H3. The van der Waals surface area contributed by atoms with Crippen molar-refractivity contribution in [3.05, 3.63) is 59.7 Å². The highest BCUT2D eigenvalue weighted by Gasteiger charge is 2.31. The van der Waals surface area contributed by atoms with Crippen molar-refractivity contribution in [3.63, 3.8) is 0 Å². The zero-order valence-corrected chi connectivity index (χ0v) is 19.9. The van der Waals surface area contributed by atoms with Crippen molar-refractivity contribution in [2.75, 3.05) is 0 Å². The van der Waals surface area contributed by atoms with Crippen molar-refractivity contribution in [1.82, 2.24) is 0 Å². The zero-order chi connectivity index (χ0) is 21.2. The monoisotopic (exact) mass is 404 g/mol. The van der Waals surface area contributed by atoms with Gasteiger partial charge >= 0.3 is 0 Å². The topological polar surface area (TPSA) is 0 Å². The summed E-state index contributed by atoms with van der Waals surface area (Å²) in [7, 11) is 0. The predicted octanol–water partition coefficient (Wildman–Crippen LogP) is 9.72. The molecule has 0 heterocycles. The lowest BCUT2D eigenvalue weighted by Gasteiger charge is -2.38. The molecule has 0 radical (unpaired) electrons. The summed E-state index contributed by atoms with van der Waals surface area (Å²) >= 11 is 0.